The van der Waals surface area contributed by atoms with E-state index in [0.717, 1.165) is 13.2 Å². The van der Waals surface area contributed by atoms with Crippen LogP contribution in [0.1, 0.15) is 25.0 Å². The number of anilines is 1. The van der Waals surface area contributed by atoms with Gasteiger partial charge in [0.05, 0.1) is 18.1 Å². The molecule has 2 aliphatic heterocycles. The molecule has 2 nitrogen and oxygen atoms in total. The highest BCUT2D eigenvalue weighted by Crippen LogP contribution is 2.38. The van der Waals surface area contributed by atoms with E-state index in [1.807, 2.05) is 0 Å². The number of allylic oxidation sites excluding steroid dienone is 2. The molecule has 0 radical (unpaired) electrons. The van der Waals surface area contributed by atoms with Crippen LogP contribution < -0.4 is 4.90 Å². The Balaban J connectivity index is 2.11. The second kappa shape index (κ2) is 3.66. The first-order valence-electron chi connectivity index (χ1n) is 6.22. The lowest BCUT2D eigenvalue weighted by atomic mass is 9.97. The molecule has 88 valence electrons. The maximum atomic E-state index is 2.39. The zero-order valence-corrected chi connectivity index (χ0v) is 10.7. The van der Waals surface area contributed by atoms with Crippen LogP contribution in [-0.4, -0.2) is 18.1 Å². The van der Waals surface area contributed by atoms with Crippen LogP contribution in [0.3, 0.4) is 0 Å². The van der Waals surface area contributed by atoms with Crippen molar-refractivity contribution in [2.24, 2.45) is 0 Å². The Morgan fingerprint density at radius 3 is 2.82 bits per heavy atom. The van der Waals surface area contributed by atoms with E-state index in [2.05, 4.69) is 61.0 Å². The van der Waals surface area contributed by atoms with Gasteiger partial charge in [-0.25, -0.2) is 0 Å². The molecule has 0 unspecified atom stereocenters. The van der Waals surface area contributed by atoms with Gasteiger partial charge in [-0.1, -0.05) is 11.6 Å². The van der Waals surface area contributed by atoms with E-state index < -0.39 is 0 Å². The van der Waals surface area contributed by atoms with Crippen molar-refractivity contribution in [3.05, 3.63) is 47.3 Å². The van der Waals surface area contributed by atoms with Gasteiger partial charge in [-0.3, -0.25) is 0 Å². The standard InChI is InChI=1S/C15H18N2/c1-4-16-9-13-8-12(3)14-7-11(2)5-6-15(14)17(13)10-16/h5-9H,4,10H2,1-3H3. The number of nitrogens with zero attached hydrogens (tertiary/aromatic N) is 2. The van der Waals surface area contributed by atoms with E-state index >= 15 is 0 Å². The first kappa shape index (κ1) is 10.5. The highest BCUT2D eigenvalue weighted by Gasteiger charge is 2.26. The molecule has 0 spiro atoms. The van der Waals surface area contributed by atoms with Crippen LogP contribution >= 0.6 is 0 Å². The van der Waals surface area contributed by atoms with Crippen molar-refractivity contribution < 1.29 is 0 Å². The highest BCUT2D eigenvalue weighted by molar-refractivity contribution is 5.84. The molecule has 1 aromatic rings. The number of hydrogen-bond donors (Lipinski definition) is 0. The lowest BCUT2D eigenvalue weighted by Gasteiger charge is -2.29. The molecule has 0 saturated heterocycles. The third-order valence-electron chi connectivity index (χ3n) is 3.59. The summed E-state index contributed by atoms with van der Waals surface area (Å²) in [7, 11) is 0. The molecule has 0 bridgehead atoms. The Kier molecular flexibility index (Phi) is 2.25. The van der Waals surface area contributed by atoms with Crippen LogP contribution in [-0.2, 0) is 0 Å². The number of benzene rings is 1. The lowest BCUT2D eigenvalue weighted by molar-refractivity contribution is 0.429. The van der Waals surface area contributed by atoms with Crippen molar-refractivity contribution in [1.82, 2.24) is 4.90 Å². The fourth-order valence-corrected chi connectivity index (χ4v) is 2.58. The lowest BCUT2D eigenvalue weighted by Crippen LogP contribution is -2.28. The largest absolute Gasteiger partial charge is 0.358 e. The zero-order chi connectivity index (χ0) is 12.0. The Morgan fingerprint density at radius 1 is 1.24 bits per heavy atom. The number of rotatable bonds is 1. The molecule has 2 heterocycles. The number of aryl methyl sites for hydroxylation is 1. The van der Waals surface area contributed by atoms with Gasteiger partial charge >= 0.3 is 0 Å². The van der Waals surface area contributed by atoms with Gasteiger partial charge in [0.15, 0.2) is 0 Å². The second-order valence-electron chi connectivity index (χ2n) is 4.88. The average Bonchev–Trinajstić information content (AvgIpc) is 2.72. The molecular formula is C15H18N2. The van der Waals surface area contributed by atoms with Crippen LogP contribution in [0.15, 0.2) is 36.2 Å². The third-order valence-corrected chi connectivity index (χ3v) is 3.59. The molecule has 17 heavy (non-hydrogen) atoms. The van der Waals surface area contributed by atoms with Gasteiger partial charge < -0.3 is 9.80 Å². The molecule has 0 atom stereocenters. The van der Waals surface area contributed by atoms with Crippen molar-refractivity contribution in [3.63, 3.8) is 0 Å². The SMILES string of the molecule is CCN1C=C2C=C(C)c3cc(C)ccc3N2C1. The molecule has 0 saturated carbocycles. The summed E-state index contributed by atoms with van der Waals surface area (Å²) >= 11 is 0. The van der Waals surface area contributed by atoms with Crippen molar-refractivity contribution in [2.75, 3.05) is 18.1 Å². The van der Waals surface area contributed by atoms with Gasteiger partial charge in [0.25, 0.3) is 0 Å². The summed E-state index contributed by atoms with van der Waals surface area (Å²) < 4.78 is 0. The van der Waals surface area contributed by atoms with Crippen LogP contribution in [0.5, 0.6) is 0 Å². The van der Waals surface area contributed by atoms with E-state index in [1.54, 1.807) is 0 Å². The molecule has 2 heteroatoms. The number of fused-ring (bicyclic) bond motifs is 3. The summed E-state index contributed by atoms with van der Waals surface area (Å²) in [6.07, 6.45) is 4.55. The molecule has 3 rings (SSSR count). The maximum Gasteiger partial charge on any atom is 0.0948 e. The Hall–Kier alpha value is -1.70. The molecule has 0 fully saturated rings. The van der Waals surface area contributed by atoms with Crippen molar-refractivity contribution in [2.45, 2.75) is 20.8 Å². The predicted molar refractivity (Wildman–Crippen MR) is 72.6 cm³/mol. The van der Waals surface area contributed by atoms with Crippen LogP contribution in [0.25, 0.3) is 5.57 Å². The minimum absolute atomic E-state index is 0.978. The fourth-order valence-electron chi connectivity index (χ4n) is 2.58. The smallest absolute Gasteiger partial charge is 0.0948 e. The summed E-state index contributed by atoms with van der Waals surface area (Å²) in [6.45, 7) is 8.59. The molecule has 0 amide bonds. The Labute approximate surface area is 103 Å². The van der Waals surface area contributed by atoms with Crippen molar-refractivity contribution in [3.8, 4) is 0 Å². The van der Waals surface area contributed by atoms with E-state index in [-0.39, 0.29) is 0 Å². The van der Waals surface area contributed by atoms with Gasteiger partial charge in [0.1, 0.15) is 0 Å². The van der Waals surface area contributed by atoms with E-state index in [1.165, 1.54) is 28.1 Å². The minimum Gasteiger partial charge on any atom is -0.358 e. The first-order valence-corrected chi connectivity index (χ1v) is 6.22. The maximum absolute atomic E-state index is 2.39. The van der Waals surface area contributed by atoms with E-state index in [9.17, 15) is 0 Å². The average molecular weight is 226 g/mol. The van der Waals surface area contributed by atoms with Crippen LogP contribution in [0.4, 0.5) is 5.69 Å². The summed E-state index contributed by atoms with van der Waals surface area (Å²) in [5.74, 6) is 0. The van der Waals surface area contributed by atoms with E-state index in [4.69, 9.17) is 0 Å². The molecule has 1 aromatic carbocycles. The topological polar surface area (TPSA) is 6.48 Å². The third kappa shape index (κ3) is 1.55. The monoisotopic (exact) mass is 226 g/mol. The molecule has 0 aromatic heterocycles. The fraction of sp³-hybridized carbons (Fsp3) is 0.333. The summed E-state index contributed by atoms with van der Waals surface area (Å²) in [5, 5.41) is 0. The summed E-state index contributed by atoms with van der Waals surface area (Å²) in [6, 6.07) is 6.73. The van der Waals surface area contributed by atoms with Gasteiger partial charge in [-0.15, -0.1) is 0 Å². The van der Waals surface area contributed by atoms with Crippen LogP contribution in [0, 0.1) is 6.92 Å². The summed E-state index contributed by atoms with van der Waals surface area (Å²) in [4.78, 5) is 4.74. The highest BCUT2D eigenvalue weighted by atomic mass is 15.4. The van der Waals surface area contributed by atoms with Gasteiger partial charge in [-0.2, -0.15) is 0 Å². The van der Waals surface area contributed by atoms with Gasteiger partial charge in [0, 0.05) is 18.3 Å². The van der Waals surface area contributed by atoms with E-state index in [0.29, 0.717) is 0 Å². The van der Waals surface area contributed by atoms with Gasteiger partial charge in [0.2, 0.25) is 0 Å². The summed E-state index contributed by atoms with van der Waals surface area (Å²) in [5.41, 5.74) is 6.73. The van der Waals surface area contributed by atoms with Crippen molar-refractivity contribution in [1.29, 1.82) is 0 Å². The predicted octanol–water partition coefficient (Wildman–Crippen LogP) is 3.35. The normalized spacial score (nSPS) is 17.6. The van der Waals surface area contributed by atoms with Gasteiger partial charge in [-0.05, 0) is 44.6 Å². The zero-order valence-electron chi connectivity index (χ0n) is 10.7. The molecular weight excluding hydrogens is 208 g/mol. The van der Waals surface area contributed by atoms with Crippen LogP contribution in [0.2, 0.25) is 0 Å². The first-order chi connectivity index (χ1) is 8.19. The molecule has 0 N–H and O–H groups in total. The Bertz CT molecular complexity index is 526. The second-order valence-corrected chi connectivity index (χ2v) is 4.88. The molecule has 2 aliphatic rings. The minimum atomic E-state index is 0.978. The number of hydrogen-bond acceptors (Lipinski definition) is 2. The van der Waals surface area contributed by atoms with Crippen molar-refractivity contribution >= 4 is 11.3 Å². The Morgan fingerprint density at radius 2 is 2.06 bits per heavy atom. The quantitative estimate of drug-likeness (QED) is 0.724. The molecule has 0 aliphatic carbocycles.